The summed E-state index contributed by atoms with van der Waals surface area (Å²) in [5.41, 5.74) is 4.34. The molecular formula is C17H20N2O. The fourth-order valence-electron chi connectivity index (χ4n) is 1.89. The van der Waals surface area contributed by atoms with Gasteiger partial charge in [0.1, 0.15) is 0 Å². The topological polar surface area (TPSA) is 32.3 Å². The maximum Gasteiger partial charge on any atom is 0.321 e. The predicted molar refractivity (Wildman–Crippen MR) is 82.8 cm³/mol. The molecule has 1 N–H and O–H groups in total. The molecule has 3 heteroatoms. The van der Waals surface area contributed by atoms with Crippen molar-refractivity contribution in [1.82, 2.24) is 4.90 Å². The number of carbonyl (C=O) groups excluding carboxylic acids is 1. The Balaban J connectivity index is 1.94. The summed E-state index contributed by atoms with van der Waals surface area (Å²) < 4.78 is 0. The Morgan fingerprint density at radius 2 is 1.45 bits per heavy atom. The number of nitrogens with zero attached hydrogens (tertiary/aromatic N) is 1. The second kappa shape index (κ2) is 6.24. The molecule has 2 amide bonds. The molecule has 0 fully saturated rings. The lowest BCUT2D eigenvalue weighted by atomic mass is 10.1. The van der Waals surface area contributed by atoms with E-state index in [0.29, 0.717) is 6.54 Å². The van der Waals surface area contributed by atoms with Gasteiger partial charge in [-0.25, -0.2) is 4.79 Å². The first-order chi connectivity index (χ1) is 9.54. The zero-order chi connectivity index (χ0) is 14.5. The van der Waals surface area contributed by atoms with Crippen molar-refractivity contribution in [3.63, 3.8) is 0 Å². The Morgan fingerprint density at radius 1 is 0.950 bits per heavy atom. The summed E-state index contributed by atoms with van der Waals surface area (Å²) in [6.45, 7) is 4.67. The molecule has 0 aliphatic heterocycles. The number of rotatable bonds is 3. The fourth-order valence-corrected chi connectivity index (χ4v) is 1.89. The number of amides is 2. The van der Waals surface area contributed by atoms with Crippen molar-refractivity contribution < 1.29 is 4.79 Å². The van der Waals surface area contributed by atoms with Crippen LogP contribution < -0.4 is 5.32 Å². The SMILES string of the molecule is Cc1ccc(CN(C)C(=O)Nc2ccc(C)cc2)cc1. The summed E-state index contributed by atoms with van der Waals surface area (Å²) >= 11 is 0. The van der Waals surface area contributed by atoms with Crippen LogP contribution in [0.15, 0.2) is 48.5 Å². The summed E-state index contributed by atoms with van der Waals surface area (Å²) in [4.78, 5) is 13.8. The molecule has 20 heavy (non-hydrogen) atoms. The first kappa shape index (κ1) is 14.1. The van der Waals surface area contributed by atoms with Crippen LogP contribution in [0.25, 0.3) is 0 Å². The Morgan fingerprint density at radius 3 is 2.00 bits per heavy atom. The van der Waals surface area contributed by atoms with Crippen molar-refractivity contribution in [1.29, 1.82) is 0 Å². The van der Waals surface area contributed by atoms with Crippen LogP contribution in [0.2, 0.25) is 0 Å². The molecule has 0 saturated heterocycles. The lowest BCUT2D eigenvalue weighted by Gasteiger charge is -2.18. The van der Waals surface area contributed by atoms with Crippen LogP contribution >= 0.6 is 0 Å². The fraction of sp³-hybridized carbons (Fsp3) is 0.235. The number of nitrogens with one attached hydrogen (secondary N) is 1. The first-order valence-corrected chi connectivity index (χ1v) is 6.69. The van der Waals surface area contributed by atoms with Gasteiger partial charge in [-0.1, -0.05) is 47.5 Å². The summed E-state index contributed by atoms with van der Waals surface area (Å²) in [6.07, 6.45) is 0. The standard InChI is InChI=1S/C17H20N2O/c1-13-4-8-15(9-5-13)12-19(3)17(20)18-16-10-6-14(2)7-11-16/h4-11H,12H2,1-3H3,(H,18,20). The van der Waals surface area contributed by atoms with Crippen LogP contribution in [-0.4, -0.2) is 18.0 Å². The highest BCUT2D eigenvalue weighted by Gasteiger charge is 2.09. The van der Waals surface area contributed by atoms with Crippen molar-refractivity contribution in [2.45, 2.75) is 20.4 Å². The smallest absolute Gasteiger partial charge is 0.321 e. The third kappa shape index (κ3) is 3.85. The van der Waals surface area contributed by atoms with Crippen molar-refractivity contribution in [2.24, 2.45) is 0 Å². The van der Waals surface area contributed by atoms with Crippen molar-refractivity contribution in [3.8, 4) is 0 Å². The highest BCUT2D eigenvalue weighted by molar-refractivity contribution is 5.89. The molecule has 0 spiro atoms. The van der Waals surface area contributed by atoms with E-state index in [4.69, 9.17) is 0 Å². The molecule has 0 bridgehead atoms. The van der Waals surface area contributed by atoms with Crippen LogP contribution in [0.1, 0.15) is 16.7 Å². The molecule has 2 rings (SSSR count). The molecule has 104 valence electrons. The van der Waals surface area contributed by atoms with Crippen LogP contribution in [-0.2, 0) is 6.54 Å². The molecule has 0 saturated carbocycles. The van der Waals surface area contributed by atoms with Crippen LogP contribution in [0, 0.1) is 13.8 Å². The minimum absolute atomic E-state index is 0.102. The van der Waals surface area contributed by atoms with E-state index in [1.807, 2.05) is 43.3 Å². The van der Waals surface area contributed by atoms with Gasteiger partial charge >= 0.3 is 6.03 Å². The van der Waals surface area contributed by atoms with E-state index in [9.17, 15) is 4.79 Å². The number of benzene rings is 2. The second-order valence-electron chi connectivity index (χ2n) is 5.14. The van der Waals surface area contributed by atoms with E-state index in [0.717, 1.165) is 11.3 Å². The van der Waals surface area contributed by atoms with Gasteiger partial charge in [-0.2, -0.15) is 0 Å². The average Bonchev–Trinajstić information content (AvgIpc) is 2.44. The van der Waals surface area contributed by atoms with Gasteiger partial charge in [0.15, 0.2) is 0 Å². The molecule has 2 aromatic carbocycles. The van der Waals surface area contributed by atoms with Crippen LogP contribution in [0.3, 0.4) is 0 Å². The van der Waals surface area contributed by atoms with E-state index in [1.165, 1.54) is 11.1 Å². The monoisotopic (exact) mass is 268 g/mol. The Labute approximate surface area is 120 Å². The maximum absolute atomic E-state index is 12.1. The van der Waals surface area contributed by atoms with Gasteiger partial charge in [0.25, 0.3) is 0 Å². The van der Waals surface area contributed by atoms with Gasteiger partial charge in [-0.05, 0) is 31.5 Å². The molecule has 0 aliphatic carbocycles. The van der Waals surface area contributed by atoms with Gasteiger partial charge in [-0.15, -0.1) is 0 Å². The number of aryl methyl sites for hydroxylation is 2. The van der Waals surface area contributed by atoms with Gasteiger partial charge in [0.05, 0.1) is 0 Å². The summed E-state index contributed by atoms with van der Waals surface area (Å²) in [6, 6.07) is 15.9. The van der Waals surface area contributed by atoms with Gasteiger partial charge in [0.2, 0.25) is 0 Å². The number of anilines is 1. The molecule has 0 aromatic heterocycles. The molecule has 0 heterocycles. The molecule has 3 nitrogen and oxygen atoms in total. The van der Waals surface area contributed by atoms with Gasteiger partial charge in [0, 0.05) is 19.3 Å². The van der Waals surface area contributed by atoms with E-state index in [1.54, 1.807) is 11.9 Å². The van der Waals surface area contributed by atoms with E-state index in [-0.39, 0.29) is 6.03 Å². The minimum atomic E-state index is -0.102. The number of hydrogen-bond acceptors (Lipinski definition) is 1. The number of urea groups is 1. The van der Waals surface area contributed by atoms with Crippen LogP contribution in [0.4, 0.5) is 10.5 Å². The van der Waals surface area contributed by atoms with Crippen molar-refractivity contribution in [2.75, 3.05) is 12.4 Å². The quantitative estimate of drug-likeness (QED) is 0.897. The van der Waals surface area contributed by atoms with Crippen molar-refractivity contribution in [3.05, 3.63) is 65.2 Å². The highest BCUT2D eigenvalue weighted by atomic mass is 16.2. The summed E-state index contributed by atoms with van der Waals surface area (Å²) in [7, 11) is 1.80. The van der Waals surface area contributed by atoms with Crippen LogP contribution in [0.5, 0.6) is 0 Å². The zero-order valence-electron chi connectivity index (χ0n) is 12.2. The van der Waals surface area contributed by atoms with Crippen molar-refractivity contribution >= 4 is 11.7 Å². The lowest BCUT2D eigenvalue weighted by molar-refractivity contribution is 0.220. The van der Waals surface area contributed by atoms with Gasteiger partial charge < -0.3 is 10.2 Å². The third-order valence-electron chi connectivity index (χ3n) is 3.19. The van der Waals surface area contributed by atoms with Gasteiger partial charge in [-0.3, -0.25) is 0 Å². The number of hydrogen-bond donors (Lipinski definition) is 1. The Bertz CT molecular complexity index is 573. The lowest BCUT2D eigenvalue weighted by Crippen LogP contribution is -2.30. The normalized spacial score (nSPS) is 10.2. The Hall–Kier alpha value is -2.29. The average molecular weight is 268 g/mol. The predicted octanol–water partition coefficient (Wildman–Crippen LogP) is 3.97. The molecule has 0 aliphatic rings. The maximum atomic E-state index is 12.1. The molecule has 0 atom stereocenters. The highest BCUT2D eigenvalue weighted by Crippen LogP contribution is 2.11. The number of carbonyl (C=O) groups is 1. The molecule has 0 unspecified atom stereocenters. The first-order valence-electron chi connectivity index (χ1n) is 6.69. The van der Waals surface area contributed by atoms with E-state index in [2.05, 4.69) is 24.4 Å². The van der Waals surface area contributed by atoms with E-state index < -0.39 is 0 Å². The van der Waals surface area contributed by atoms with E-state index >= 15 is 0 Å². The minimum Gasteiger partial charge on any atom is -0.323 e. The molecular weight excluding hydrogens is 248 g/mol. The molecule has 2 aromatic rings. The zero-order valence-corrected chi connectivity index (χ0v) is 12.2. The largest absolute Gasteiger partial charge is 0.323 e. The summed E-state index contributed by atoms with van der Waals surface area (Å²) in [5.74, 6) is 0. The Kier molecular flexibility index (Phi) is 4.41. The third-order valence-corrected chi connectivity index (χ3v) is 3.19. The molecule has 0 radical (unpaired) electrons. The second-order valence-corrected chi connectivity index (χ2v) is 5.14. The summed E-state index contributed by atoms with van der Waals surface area (Å²) in [5, 5.41) is 2.89.